The molecule has 114 valence electrons. The highest BCUT2D eigenvalue weighted by atomic mass is 16.5. The Morgan fingerprint density at radius 3 is 3.09 bits per heavy atom. The van der Waals surface area contributed by atoms with Gasteiger partial charge in [-0.1, -0.05) is 12.1 Å². The topological polar surface area (TPSA) is 61.5 Å². The van der Waals surface area contributed by atoms with Crippen molar-refractivity contribution in [2.75, 3.05) is 31.1 Å². The van der Waals surface area contributed by atoms with Crippen LogP contribution < -0.4 is 9.64 Å². The lowest BCUT2D eigenvalue weighted by atomic mass is 10.1. The number of benzene rings is 1. The Kier molecular flexibility index (Phi) is 3.21. The van der Waals surface area contributed by atoms with Gasteiger partial charge >= 0.3 is 6.03 Å². The molecule has 3 heterocycles. The molecule has 0 radical (unpaired) electrons. The van der Waals surface area contributed by atoms with Crippen LogP contribution in [0.5, 0.6) is 5.75 Å². The number of H-pyrrole nitrogens is 1. The molecule has 1 unspecified atom stereocenters. The van der Waals surface area contributed by atoms with Crippen molar-refractivity contribution in [3.05, 3.63) is 42.5 Å². The average Bonchev–Trinajstić information content (AvgIpc) is 3.24. The van der Waals surface area contributed by atoms with E-state index in [9.17, 15) is 4.79 Å². The van der Waals surface area contributed by atoms with Crippen LogP contribution in [0.1, 0.15) is 18.0 Å². The Bertz CT molecular complexity index is 671. The minimum Gasteiger partial charge on any atom is -0.490 e. The van der Waals surface area contributed by atoms with Crippen LogP contribution in [0, 0.1) is 0 Å². The van der Waals surface area contributed by atoms with Crippen molar-refractivity contribution < 1.29 is 9.53 Å². The van der Waals surface area contributed by atoms with E-state index < -0.39 is 0 Å². The van der Waals surface area contributed by atoms with E-state index in [0.29, 0.717) is 19.1 Å². The number of urea groups is 1. The molecule has 1 aromatic heterocycles. The molecule has 2 amide bonds. The number of imidazole rings is 1. The lowest BCUT2D eigenvalue weighted by Crippen LogP contribution is -2.45. The van der Waals surface area contributed by atoms with Gasteiger partial charge in [0.15, 0.2) is 0 Å². The number of fused-ring (bicyclic) bond motifs is 1. The second-order valence-electron chi connectivity index (χ2n) is 5.68. The van der Waals surface area contributed by atoms with E-state index in [1.807, 2.05) is 40.3 Å². The van der Waals surface area contributed by atoms with Crippen molar-refractivity contribution in [3.63, 3.8) is 0 Å². The normalized spacial score (nSPS) is 20.6. The van der Waals surface area contributed by atoms with E-state index in [-0.39, 0.29) is 6.03 Å². The maximum absolute atomic E-state index is 12.8. The van der Waals surface area contributed by atoms with Crippen LogP contribution in [0.25, 0.3) is 0 Å². The molecule has 22 heavy (non-hydrogen) atoms. The molecule has 6 heteroatoms. The minimum absolute atomic E-state index is 0.0637. The molecule has 6 nitrogen and oxygen atoms in total. The van der Waals surface area contributed by atoms with Crippen molar-refractivity contribution in [2.45, 2.75) is 12.3 Å². The number of aromatic amines is 1. The van der Waals surface area contributed by atoms with Gasteiger partial charge in [-0.25, -0.2) is 9.78 Å². The zero-order valence-electron chi connectivity index (χ0n) is 12.2. The number of rotatable bonds is 1. The number of hydrogen-bond acceptors (Lipinski definition) is 3. The Balaban J connectivity index is 1.51. The van der Waals surface area contributed by atoms with Gasteiger partial charge in [0.05, 0.1) is 24.3 Å². The molecule has 1 fully saturated rings. The largest absolute Gasteiger partial charge is 0.490 e. The van der Waals surface area contributed by atoms with E-state index in [0.717, 1.165) is 36.6 Å². The van der Waals surface area contributed by atoms with Crippen molar-refractivity contribution >= 4 is 11.7 Å². The molecule has 1 saturated heterocycles. The molecule has 0 spiro atoms. The monoisotopic (exact) mass is 298 g/mol. The number of anilines is 1. The van der Waals surface area contributed by atoms with Gasteiger partial charge in [-0.2, -0.15) is 0 Å². The van der Waals surface area contributed by atoms with Crippen LogP contribution in [0.15, 0.2) is 36.8 Å². The van der Waals surface area contributed by atoms with Gasteiger partial charge < -0.3 is 14.6 Å². The summed E-state index contributed by atoms with van der Waals surface area (Å²) < 4.78 is 5.62. The Labute approximate surface area is 128 Å². The summed E-state index contributed by atoms with van der Waals surface area (Å²) in [5.41, 5.74) is 1.90. The van der Waals surface area contributed by atoms with Gasteiger partial charge in [0.1, 0.15) is 12.4 Å². The number of nitrogens with zero attached hydrogens (tertiary/aromatic N) is 3. The molecule has 0 saturated carbocycles. The number of amides is 2. The van der Waals surface area contributed by atoms with Gasteiger partial charge in [-0.3, -0.25) is 4.90 Å². The zero-order chi connectivity index (χ0) is 14.9. The molecule has 4 rings (SSSR count). The van der Waals surface area contributed by atoms with Crippen molar-refractivity contribution in [3.8, 4) is 5.75 Å². The second kappa shape index (κ2) is 5.36. The molecular formula is C16H18N4O2. The third-order valence-electron chi connectivity index (χ3n) is 4.36. The van der Waals surface area contributed by atoms with E-state index in [4.69, 9.17) is 4.74 Å². The molecule has 1 N–H and O–H groups in total. The van der Waals surface area contributed by atoms with Gasteiger partial charge in [0.2, 0.25) is 0 Å². The number of likely N-dealkylation sites (tertiary alicyclic amines) is 1. The van der Waals surface area contributed by atoms with Crippen LogP contribution in [-0.2, 0) is 0 Å². The Morgan fingerprint density at radius 1 is 1.32 bits per heavy atom. The molecule has 0 aliphatic carbocycles. The van der Waals surface area contributed by atoms with Gasteiger partial charge in [-0.15, -0.1) is 0 Å². The summed E-state index contributed by atoms with van der Waals surface area (Å²) in [5, 5.41) is 0. The third kappa shape index (κ3) is 2.20. The highest BCUT2D eigenvalue weighted by Crippen LogP contribution is 2.33. The van der Waals surface area contributed by atoms with Crippen molar-refractivity contribution in [1.82, 2.24) is 14.9 Å². The molecule has 2 aliphatic heterocycles. The summed E-state index contributed by atoms with van der Waals surface area (Å²) in [5.74, 6) is 1.11. The lowest BCUT2D eigenvalue weighted by Gasteiger charge is -2.32. The number of para-hydroxylation sites is 2. The summed E-state index contributed by atoms with van der Waals surface area (Å²) in [7, 11) is 0. The Morgan fingerprint density at radius 2 is 2.23 bits per heavy atom. The molecule has 1 atom stereocenters. The van der Waals surface area contributed by atoms with E-state index in [1.54, 1.807) is 6.33 Å². The molecule has 2 aliphatic rings. The van der Waals surface area contributed by atoms with E-state index in [1.165, 1.54) is 0 Å². The number of carbonyl (C=O) groups is 1. The van der Waals surface area contributed by atoms with Crippen LogP contribution in [0.3, 0.4) is 0 Å². The van der Waals surface area contributed by atoms with Crippen LogP contribution in [-0.4, -0.2) is 47.1 Å². The SMILES string of the molecule is O=C(N1CCC(c2c[nH]cn2)C1)N1CCOc2ccccc21. The number of carbonyl (C=O) groups excluding carboxylic acids is 1. The molecule has 2 aromatic rings. The predicted molar refractivity (Wildman–Crippen MR) is 82.2 cm³/mol. The fourth-order valence-corrected chi connectivity index (χ4v) is 3.21. The molecule has 0 bridgehead atoms. The highest BCUT2D eigenvalue weighted by Gasteiger charge is 2.33. The van der Waals surface area contributed by atoms with Crippen LogP contribution in [0.4, 0.5) is 10.5 Å². The third-order valence-corrected chi connectivity index (χ3v) is 4.36. The first-order valence-corrected chi connectivity index (χ1v) is 7.60. The summed E-state index contributed by atoms with van der Waals surface area (Å²) in [6.07, 6.45) is 4.57. The fraction of sp³-hybridized carbons (Fsp3) is 0.375. The zero-order valence-corrected chi connectivity index (χ0v) is 12.2. The second-order valence-corrected chi connectivity index (χ2v) is 5.68. The fourth-order valence-electron chi connectivity index (χ4n) is 3.21. The average molecular weight is 298 g/mol. The minimum atomic E-state index is 0.0637. The first kappa shape index (κ1) is 13.2. The summed E-state index contributed by atoms with van der Waals surface area (Å²) in [4.78, 5) is 23.9. The molecular weight excluding hydrogens is 280 g/mol. The number of ether oxygens (including phenoxy) is 1. The van der Waals surface area contributed by atoms with Gasteiger partial charge in [0, 0.05) is 25.2 Å². The smallest absolute Gasteiger partial charge is 0.324 e. The summed E-state index contributed by atoms with van der Waals surface area (Å²) in [6, 6.07) is 7.77. The van der Waals surface area contributed by atoms with Crippen LogP contribution >= 0.6 is 0 Å². The number of hydrogen-bond donors (Lipinski definition) is 1. The number of nitrogens with one attached hydrogen (secondary N) is 1. The predicted octanol–water partition coefficient (Wildman–Crippen LogP) is 2.22. The van der Waals surface area contributed by atoms with Crippen LogP contribution in [0.2, 0.25) is 0 Å². The van der Waals surface area contributed by atoms with Gasteiger partial charge in [0.25, 0.3) is 0 Å². The Hall–Kier alpha value is -2.50. The maximum atomic E-state index is 12.8. The quantitative estimate of drug-likeness (QED) is 0.878. The number of aromatic nitrogens is 2. The first-order valence-electron chi connectivity index (χ1n) is 7.60. The maximum Gasteiger partial charge on any atom is 0.324 e. The standard InChI is InChI=1S/C16H18N4O2/c21-16(19-6-5-12(10-19)13-9-17-11-18-13)20-7-8-22-15-4-2-1-3-14(15)20/h1-4,9,11-12H,5-8,10H2,(H,17,18). The molecule has 1 aromatic carbocycles. The highest BCUT2D eigenvalue weighted by molar-refractivity contribution is 5.94. The van der Waals surface area contributed by atoms with E-state index in [2.05, 4.69) is 9.97 Å². The summed E-state index contributed by atoms with van der Waals surface area (Å²) in [6.45, 7) is 2.64. The summed E-state index contributed by atoms with van der Waals surface area (Å²) >= 11 is 0. The first-order chi connectivity index (χ1) is 10.8. The van der Waals surface area contributed by atoms with Crippen molar-refractivity contribution in [1.29, 1.82) is 0 Å². The van der Waals surface area contributed by atoms with E-state index >= 15 is 0 Å². The van der Waals surface area contributed by atoms with Gasteiger partial charge in [-0.05, 0) is 18.6 Å². The van der Waals surface area contributed by atoms with Crippen molar-refractivity contribution in [2.24, 2.45) is 0 Å². The lowest BCUT2D eigenvalue weighted by molar-refractivity contribution is 0.209.